The van der Waals surface area contributed by atoms with Crippen LogP contribution in [0.25, 0.3) is 5.69 Å². The number of aromatic carboxylic acids is 1. The van der Waals surface area contributed by atoms with Gasteiger partial charge in [-0.05, 0) is 96.3 Å². The van der Waals surface area contributed by atoms with E-state index in [0.29, 0.717) is 36.1 Å². The molecule has 1 saturated carbocycles. The van der Waals surface area contributed by atoms with Crippen molar-refractivity contribution in [3.8, 4) is 5.69 Å². The highest BCUT2D eigenvalue weighted by Gasteiger charge is 2.32. The van der Waals surface area contributed by atoms with Crippen molar-refractivity contribution in [2.45, 2.75) is 50.3 Å². The molecule has 1 aliphatic heterocycles. The number of hydrogen-bond acceptors (Lipinski definition) is 10. The van der Waals surface area contributed by atoms with Gasteiger partial charge in [-0.25, -0.2) is 4.79 Å². The highest BCUT2D eigenvalue weighted by Crippen LogP contribution is 2.28. The Morgan fingerprint density at radius 3 is 2.32 bits per heavy atom. The minimum absolute atomic E-state index is 0.00487. The first kappa shape index (κ1) is 37.1. The number of benzene rings is 3. The zero-order chi connectivity index (χ0) is 37.5. The molecule has 1 saturated heterocycles. The van der Waals surface area contributed by atoms with Gasteiger partial charge >= 0.3 is 17.8 Å². The molecule has 0 unspecified atom stereocenters. The monoisotopic (exact) mass is 743 g/mol. The zero-order valence-electron chi connectivity index (χ0n) is 28.8. The Morgan fingerprint density at radius 1 is 0.943 bits per heavy atom. The van der Waals surface area contributed by atoms with Crippen LogP contribution in [0.2, 0.25) is 5.02 Å². The number of carboxylic acids is 1. The van der Waals surface area contributed by atoms with Crippen LogP contribution in [-0.2, 0) is 30.3 Å². The standard InChI is InChI=1S/C36H38ClN9O7/c1-53-28-13-11-26(12-14-28)44-16-17-45(32(47)20-44)27-9-2-22(3-10-27)18-30(33(48)39-25-7-4-23(5-8-25)36(51)52)41-35(50)34(49)40-29-19-24(37)6-15-31(29)46-21-38-42-43-46/h2-10,15,19,21,26,28,30H,11-14,16-18,20H2,1H3,(H,39,48)(H,40,49)(H,41,50)(H,51,52)/t26?,28?,30-/m0/s1. The molecule has 2 aliphatic rings. The van der Waals surface area contributed by atoms with Crippen LogP contribution in [0.1, 0.15) is 41.6 Å². The van der Waals surface area contributed by atoms with Crippen LogP contribution in [-0.4, -0.2) is 105 Å². The maximum absolute atomic E-state index is 13.6. The number of tetrazole rings is 1. The van der Waals surface area contributed by atoms with Crippen LogP contribution in [0, 0.1) is 0 Å². The number of hydrogen-bond donors (Lipinski definition) is 4. The average molecular weight is 744 g/mol. The lowest BCUT2D eigenvalue weighted by molar-refractivity contribution is -0.137. The van der Waals surface area contributed by atoms with Gasteiger partial charge in [0.1, 0.15) is 12.4 Å². The molecule has 2 fully saturated rings. The lowest BCUT2D eigenvalue weighted by atomic mass is 9.91. The lowest BCUT2D eigenvalue weighted by Crippen LogP contribution is -2.54. The van der Waals surface area contributed by atoms with E-state index in [4.69, 9.17) is 16.3 Å². The van der Waals surface area contributed by atoms with E-state index in [2.05, 4.69) is 36.4 Å². The predicted molar refractivity (Wildman–Crippen MR) is 194 cm³/mol. The van der Waals surface area contributed by atoms with Crippen molar-refractivity contribution < 1.29 is 33.8 Å². The topological polar surface area (TPSA) is 201 Å². The maximum atomic E-state index is 13.6. The minimum Gasteiger partial charge on any atom is -0.478 e. The summed E-state index contributed by atoms with van der Waals surface area (Å²) in [5.74, 6) is -3.96. The Hall–Kier alpha value is -5.71. The Kier molecular flexibility index (Phi) is 11.7. The molecule has 17 heteroatoms. The molecule has 4 N–H and O–H groups in total. The van der Waals surface area contributed by atoms with Crippen molar-refractivity contribution in [2.24, 2.45) is 0 Å². The van der Waals surface area contributed by atoms with E-state index in [-0.39, 0.29) is 40.4 Å². The SMILES string of the molecule is COC1CCC(N2CCN(c3ccc(C[C@H](NC(=O)C(=O)Nc4cc(Cl)ccc4-n4cnnn4)C(=O)Nc4ccc(C(=O)O)cc4)cc3)C(=O)C2)CC1. The van der Waals surface area contributed by atoms with E-state index < -0.39 is 29.7 Å². The number of halogens is 1. The molecule has 1 aromatic heterocycles. The number of nitrogens with one attached hydrogen (secondary N) is 3. The van der Waals surface area contributed by atoms with E-state index in [1.807, 2.05) is 0 Å². The Labute approximate surface area is 309 Å². The van der Waals surface area contributed by atoms with Crippen molar-refractivity contribution in [1.82, 2.24) is 30.4 Å². The van der Waals surface area contributed by atoms with E-state index in [9.17, 15) is 29.1 Å². The summed E-state index contributed by atoms with van der Waals surface area (Å²) in [7, 11) is 1.74. The summed E-state index contributed by atoms with van der Waals surface area (Å²) in [5, 5.41) is 28.2. The average Bonchev–Trinajstić information content (AvgIpc) is 3.70. The quantitative estimate of drug-likeness (QED) is 0.165. The van der Waals surface area contributed by atoms with Gasteiger partial charge in [-0.3, -0.25) is 24.1 Å². The second-order valence-corrected chi connectivity index (χ2v) is 13.3. The maximum Gasteiger partial charge on any atom is 0.335 e. The molecular weight excluding hydrogens is 706 g/mol. The van der Waals surface area contributed by atoms with Crippen molar-refractivity contribution >= 4 is 58.3 Å². The van der Waals surface area contributed by atoms with Crippen LogP contribution < -0.4 is 20.9 Å². The molecular formula is C36H38ClN9O7. The second kappa shape index (κ2) is 16.8. The summed E-state index contributed by atoms with van der Waals surface area (Å²) in [6, 6.07) is 16.3. The molecule has 1 aliphatic carbocycles. The van der Waals surface area contributed by atoms with Gasteiger partial charge in [-0.15, -0.1) is 5.10 Å². The number of anilines is 3. The summed E-state index contributed by atoms with van der Waals surface area (Å²) in [4.78, 5) is 68.6. The predicted octanol–water partition coefficient (Wildman–Crippen LogP) is 2.92. The number of piperazine rings is 1. The lowest BCUT2D eigenvalue weighted by Gasteiger charge is -2.41. The van der Waals surface area contributed by atoms with Crippen molar-refractivity contribution in [3.05, 3.63) is 89.2 Å². The number of rotatable bonds is 11. The van der Waals surface area contributed by atoms with Gasteiger partial charge < -0.3 is 30.7 Å². The molecule has 1 atom stereocenters. The number of ether oxygens (including phenoxy) is 1. The van der Waals surface area contributed by atoms with Gasteiger partial charge in [0.25, 0.3) is 0 Å². The van der Waals surface area contributed by atoms with E-state index in [0.717, 1.165) is 32.2 Å². The second-order valence-electron chi connectivity index (χ2n) is 12.8. The highest BCUT2D eigenvalue weighted by molar-refractivity contribution is 6.40. The van der Waals surface area contributed by atoms with E-state index >= 15 is 0 Å². The fourth-order valence-electron chi connectivity index (χ4n) is 6.59. The molecule has 2 heterocycles. The third-order valence-electron chi connectivity index (χ3n) is 9.46. The number of amides is 4. The third kappa shape index (κ3) is 9.21. The van der Waals surface area contributed by atoms with Crippen LogP contribution in [0.4, 0.5) is 17.1 Å². The number of carboxylic acid groups (broad SMARTS) is 1. The Balaban J connectivity index is 1.14. The summed E-state index contributed by atoms with van der Waals surface area (Å²) in [5.41, 5.74) is 2.16. The Morgan fingerprint density at radius 2 is 1.68 bits per heavy atom. The van der Waals surface area contributed by atoms with Gasteiger partial charge in [-0.2, -0.15) is 4.68 Å². The van der Waals surface area contributed by atoms with Gasteiger partial charge in [0.2, 0.25) is 11.8 Å². The minimum atomic E-state index is -1.24. The highest BCUT2D eigenvalue weighted by atomic mass is 35.5. The number of carbonyl (C=O) groups excluding carboxylic acids is 4. The van der Waals surface area contributed by atoms with Crippen LogP contribution >= 0.6 is 11.6 Å². The first-order valence-electron chi connectivity index (χ1n) is 17.0. The summed E-state index contributed by atoms with van der Waals surface area (Å²) in [6.45, 7) is 1.63. The number of methoxy groups -OCH3 is 1. The molecule has 4 aromatic rings. The zero-order valence-corrected chi connectivity index (χ0v) is 29.5. The van der Waals surface area contributed by atoms with Crippen molar-refractivity contribution in [2.75, 3.05) is 42.3 Å². The molecule has 4 amide bonds. The molecule has 53 heavy (non-hydrogen) atoms. The molecule has 276 valence electrons. The van der Waals surface area contributed by atoms with Crippen LogP contribution in [0.15, 0.2) is 73.1 Å². The summed E-state index contributed by atoms with van der Waals surface area (Å²) < 4.78 is 6.77. The largest absolute Gasteiger partial charge is 0.478 e. The third-order valence-corrected chi connectivity index (χ3v) is 9.70. The van der Waals surface area contributed by atoms with Gasteiger partial charge in [0.15, 0.2) is 0 Å². The molecule has 6 rings (SSSR count). The first-order valence-corrected chi connectivity index (χ1v) is 17.4. The summed E-state index contributed by atoms with van der Waals surface area (Å²) >= 11 is 6.15. The van der Waals surface area contributed by atoms with Crippen LogP contribution in [0.5, 0.6) is 0 Å². The molecule has 16 nitrogen and oxygen atoms in total. The molecule has 0 radical (unpaired) electrons. The fourth-order valence-corrected chi connectivity index (χ4v) is 6.76. The number of carbonyl (C=O) groups is 5. The number of nitrogens with zero attached hydrogens (tertiary/aromatic N) is 6. The number of aromatic nitrogens is 4. The normalized spacial score (nSPS) is 18.2. The molecule has 0 spiro atoms. The first-order chi connectivity index (χ1) is 25.6. The van der Waals surface area contributed by atoms with Crippen molar-refractivity contribution in [1.29, 1.82) is 0 Å². The molecule has 3 aromatic carbocycles. The smallest absolute Gasteiger partial charge is 0.335 e. The van der Waals surface area contributed by atoms with Gasteiger partial charge in [0.05, 0.1) is 29.6 Å². The molecule has 0 bridgehead atoms. The van der Waals surface area contributed by atoms with Crippen LogP contribution in [0.3, 0.4) is 0 Å². The van der Waals surface area contributed by atoms with E-state index in [1.54, 1.807) is 48.4 Å². The van der Waals surface area contributed by atoms with Crippen molar-refractivity contribution in [3.63, 3.8) is 0 Å². The fraction of sp³-hybridized carbons (Fsp3) is 0.333. The van der Waals surface area contributed by atoms with Gasteiger partial charge in [0, 0.05) is 49.1 Å². The Bertz CT molecular complexity index is 1950. The van der Waals surface area contributed by atoms with Gasteiger partial charge in [-0.1, -0.05) is 23.7 Å². The van der Waals surface area contributed by atoms with E-state index in [1.165, 1.54) is 41.3 Å². The summed E-state index contributed by atoms with van der Waals surface area (Å²) in [6.07, 6.45) is 5.56.